The second kappa shape index (κ2) is 7.65. The molecular formula is C19H16FN3O5S2. The molecule has 2 aliphatic heterocycles. The summed E-state index contributed by atoms with van der Waals surface area (Å²) in [6.07, 6.45) is -0.810. The summed E-state index contributed by atoms with van der Waals surface area (Å²) in [6, 6.07) is 10.4. The number of nitrogens with zero attached hydrogens (tertiary/aromatic N) is 2. The van der Waals surface area contributed by atoms with E-state index in [9.17, 15) is 22.4 Å². The Labute approximate surface area is 177 Å². The Morgan fingerprint density at radius 2 is 1.80 bits per heavy atom. The number of halogens is 1. The molecule has 2 fully saturated rings. The summed E-state index contributed by atoms with van der Waals surface area (Å²) in [7, 11) is -4.15. The zero-order valence-electron chi connectivity index (χ0n) is 15.4. The first-order valence-electron chi connectivity index (χ1n) is 8.94. The van der Waals surface area contributed by atoms with E-state index in [0.29, 0.717) is 5.56 Å². The highest BCUT2D eigenvalue weighted by atomic mass is 32.2. The summed E-state index contributed by atoms with van der Waals surface area (Å²) in [5, 5.41) is 2.53. The third kappa shape index (κ3) is 3.39. The molecule has 0 aliphatic carbocycles. The lowest BCUT2D eigenvalue weighted by atomic mass is 10.00. The second-order valence-corrected chi connectivity index (χ2v) is 8.84. The summed E-state index contributed by atoms with van der Waals surface area (Å²) in [6.45, 7) is 0.0964. The molecule has 2 aromatic rings. The summed E-state index contributed by atoms with van der Waals surface area (Å²) in [4.78, 5) is 25.8. The Balaban J connectivity index is 1.80. The SMILES string of the molecule is O=C1OCCN1C(=O)[C@@H]1NC(=S)N(S(=O)(=O)c2ccccc2)[C@H]1c1ccc(F)cc1. The third-order valence-corrected chi connectivity index (χ3v) is 7.08. The van der Waals surface area contributed by atoms with E-state index in [0.717, 1.165) is 21.3 Å². The van der Waals surface area contributed by atoms with Gasteiger partial charge in [-0.3, -0.25) is 4.79 Å². The maximum absolute atomic E-state index is 13.5. The van der Waals surface area contributed by atoms with Crippen molar-refractivity contribution in [3.63, 3.8) is 0 Å². The fourth-order valence-corrected chi connectivity index (χ4v) is 5.52. The third-order valence-electron chi connectivity index (χ3n) is 4.85. The minimum Gasteiger partial charge on any atom is -0.447 e. The molecule has 0 bridgehead atoms. The first-order chi connectivity index (χ1) is 14.3. The van der Waals surface area contributed by atoms with Crippen molar-refractivity contribution in [2.45, 2.75) is 17.0 Å². The van der Waals surface area contributed by atoms with Gasteiger partial charge in [-0.1, -0.05) is 30.3 Å². The molecule has 156 valence electrons. The van der Waals surface area contributed by atoms with Crippen molar-refractivity contribution in [1.29, 1.82) is 0 Å². The van der Waals surface area contributed by atoms with Gasteiger partial charge in [-0.15, -0.1) is 0 Å². The van der Waals surface area contributed by atoms with Crippen LogP contribution in [0, 0.1) is 5.82 Å². The van der Waals surface area contributed by atoms with Gasteiger partial charge < -0.3 is 10.1 Å². The maximum atomic E-state index is 13.5. The summed E-state index contributed by atoms with van der Waals surface area (Å²) in [5.74, 6) is -1.20. The van der Waals surface area contributed by atoms with Crippen LogP contribution in [0.5, 0.6) is 0 Å². The number of thiocarbonyl (C=S) groups is 1. The number of rotatable bonds is 4. The molecule has 8 nitrogen and oxygen atoms in total. The minimum atomic E-state index is -4.15. The number of sulfonamides is 1. The fourth-order valence-electron chi connectivity index (χ4n) is 3.45. The molecular weight excluding hydrogens is 433 g/mol. The maximum Gasteiger partial charge on any atom is 0.416 e. The lowest BCUT2D eigenvalue weighted by Crippen LogP contribution is -2.47. The number of cyclic esters (lactones) is 1. The Morgan fingerprint density at radius 1 is 1.13 bits per heavy atom. The molecule has 2 aromatic carbocycles. The van der Waals surface area contributed by atoms with Gasteiger partial charge in [-0.25, -0.2) is 26.8 Å². The monoisotopic (exact) mass is 449 g/mol. The number of hydrogen-bond donors (Lipinski definition) is 1. The first-order valence-corrected chi connectivity index (χ1v) is 10.8. The largest absolute Gasteiger partial charge is 0.447 e. The van der Waals surface area contributed by atoms with Crippen LogP contribution in [0.4, 0.5) is 9.18 Å². The highest BCUT2D eigenvalue weighted by molar-refractivity contribution is 7.91. The number of ether oxygens (including phenoxy) is 1. The topological polar surface area (TPSA) is 96.0 Å². The Hall–Kier alpha value is -3.05. The van der Waals surface area contributed by atoms with Crippen molar-refractivity contribution in [3.05, 3.63) is 66.0 Å². The minimum absolute atomic E-state index is 0.0186. The van der Waals surface area contributed by atoms with Crippen molar-refractivity contribution in [3.8, 4) is 0 Å². The predicted molar refractivity (Wildman–Crippen MR) is 107 cm³/mol. The van der Waals surface area contributed by atoms with Gasteiger partial charge in [0.2, 0.25) is 0 Å². The fraction of sp³-hybridized carbons (Fsp3) is 0.211. The van der Waals surface area contributed by atoms with Gasteiger partial charge >= 0.3 is 6.09 Å². The van der Waals surface area contributed by atoms with Crippen LogP contribution in [0.25, 0.3) is 0 Å². The molecule has 2 heterocycles. The van der Waals surface area contributed by atoms with E-state index in [1.165, 1.54) is 24.3 Å². The van der Waals surface area contributed by atoms with Crippen LogP contribution >= 0.6 is 12.2 Å². The summed E-state index contributed by atoms with van der Waals surface area (Å²) in [5.41, 5.74) is 0.342. The van der Waals surface area contributed by atoms with E-state index in [4.69, 9.17) is 17.0 Å². The van der Waals surface area contributed by atoms with Gasteiger partial charge in [0, 0.05) is 0 Å². The highest BCUT2D eigenvalue weighted by Gasteiger charge is 2.50. The zero-order chi connectivity index (χ0) is 21.5. The number of imide groups is 1. The second-order valence-electron chi connectivity index (χ2n) is 6.64. The van der Waals surface area contributed by atoms with E-state index in [1.54, 1.807) is 18.2 Å². The van der Waals surface area contributed by atoms with Gasteiger partial charge in [-0.05, 0) is 42.0 Å². The lowest BCUT2D eigenvalue weighted by Gasteiger charge is -2.28. The lowest BCUT2D eigenvalue weighted by molar-refractivity contribution is -0.130. The molecule has 0 aromatic heterocycles. The normalized spacial score (nSPS) is 21.5. The molecule has 4 rings (SSSR count). The molecule has 2 amide bonds. The number of amides is 2. The van der Waals surface area contributed by atoms with Crippen LogP contribution in [0.15, 0.2) is 59.5 Å². The van der Waals surface area contributed by atoms with Crippen LogP contribution in [0.1, 0.15) is 11.6 Å². The predicted octanol–water partition coefficient (Wildman–Crippen LogP) is 1.79. The molecule has 0 spiro atoms. The number of nitrogens with one attached hydrogen (secondary N) is 1. The van der Waals surface area contributed by atoms with Crippen LogP contribution in [0.3, 0.4) is 0 Å². The van der Waals surface area contributed by atoms with Gasteiger partial charge in [0.1, 0.15) is 24.5 Å². The van der Waals surface area contributed by atoms with Crippen molar-refractivity contribution in [1.82, 2.24) is 14.5 Å². The van der Waals surface area contributed by atoms with E-state index in [2.05, 4.69) is 5.32 Å². The molecule has 2 atom stereocenters. The van der Waals surface area contributed by atoms with Gasteiger partial charge in [0.15, 0.2) is 5.11 Å². The zero-order valence-corrected chi connectivity index (χ0v) is 17.0. The van der Waals surface area contributed by atoms with Gasteiger partial charge in [0.25, 0.3) is 15.9 Å². The van der Waals surface area contributed by atoms with Crippen LogP contribution < -0.4 is 5.32 Å². The van der Waals surface area contributed by atoms with E-state index in [-0.39, 0.29) is 23.2 Å². The average molecular weight is 449 g/mol. The van der Waals surface area contributed by atoms with E-state index < -0.39 is 39.9 Å². The molecule has 0 unspecified atom stereocenters. The van der Waals surface area contributed by atoms with Crippen LogP contribution in [-0.4, -0.2) is 53.9 Å². The summed E-state index contributed by atoms with van der Waals surface area (Å²) >= 11 is 5.27. The Morgan fingerprint density at radius 3 is 2.40 bits per heavy atom. The molecule has 0 radical (unpaired) electrons. The van der Waals surface area contributed by atoms with Crippen molar-refractivity contribution >= 4 is 39.4 Å². The quantitative estimate of drug-likeness (QED) is 0.711. The Bertz CT molecular complexity index is 1110. The van der Waals surface area contributed by atoms with Gasteiger partial charge in [-0.2, -0.15) is 0 Å². The molecule has 2 saturated heterocycles. The average Bonchev–Trinajstić information content (AvgIpc) is 3.32. The van der Waals surface area contributed by atoms with Crippen molar-refractivity contribution in [2.24, 2.45) is 0 Å². The molecule has 30 heavy (non-hydrogen) atoms. The molecule has 0 saturated carbocycles. The molecule has 11 heteroatoms. The number of hydrogen-bond acceptors (Lipinski definition) is 6. The standard InChI is InChI=1S/C19H16FN3O5S2/c20-13-8-6-12(7-9-13)16-15(17(24)22-10-11-28-19(22)25)21-18(29)23(16)30(26,27)14-4-2-1-3-5-14/h1-9,15-16H,10-11H2,(H,21,29)/t15-,16+/m1/s1. The number of benzene rings is 2. The van der Waals surface area contributed by atoms with Crippen molar-refractivity contribution < 1.29 is 27.1 Å². The van der Waals surface area contributed by atoms with Gasteiger partial charge in [0.05, 0.1) is 11.4 Å². The van der Waals surface area contributed by atoms with Crippen LogP contribution in [-0.2, 0) is 19.6 Å². The number of carbonyl (C=O) groups excluding carboxylic acids is 2. The van der Waals surface area contributed by atoms with E-state index in [1.807, 2.05) is 0 Å². The Kier molecular flexibility index (Phi) is 5.16. The first kappa shape index (κ1) is 20.2. The smallest absolute Gasteiger partial charge is 0.416 e. The van der Waals surface area contributed by atoms with Crippen molar-refractivity contribution in [2.75, 3.05) is 13.2 Å². The van der Waals surface area contributed by atoms with E-state index >= 15 is 0 Å². The van der Waals surface area contributed by atoms with Crippen LogP contribution in [0.2, 0.25) is 0 Å². The molecule has 1 N–H and O–H groups in total. The highest BCUT2D eigenvalue weighted by Crippen LogP contribution is 2.36. The molecule has 2 aliphatic rings. The number of carbonyl (C=O) groups is 2. The summed E-state index contributed by atoms with van der Waals surface area (Å²) < 4.78 is 45.9.